The van der Waals surface area contributed by atoms with Crippen LogP contribution in [0, 0.1) is 5.92 Å². The first-order valence-electron chi connectivity index (χ1n) is 8.35. The van der Waals surface area contributed by atoms with Gasteiger partial charge >= 0.3 is 5.97 Å². The zero-order chi connectivity index (χ0) is 16.2. The Kier molecular flexibility index (Phi) is 4.83. The Morgan fingerprint density at radius 2 is 1.96 bits per heavy atom. The number of ether oxygens (including phenoxy) is 1. The molecule has 0 atom stereocenters. The van der Waals surface area contributed by atoms with Gasteiger partial charge in [0.15, 0.2) is 5.69 Å². The molecular weight excluding hydrogens is 298 g/mol. The third kappa shape index (κ3) is 3.48. The summed E-state index contributed by atoms with van der Waals surface area (Å²) in [7, 11) is 0. The van der Waals surface area contributed by atoms with E-state index in [2.05, 4.69) is 4.98 Å². The fourth-order valence-electron chi connectivity index (χ4n) is 3.22. The highest BCUT2D eigenvalue weighted by Crippen LogP contribution is 2.25. The molecule has 0 aromatic carbocycles. The Labute approximate surface area is 135 Å². The molecule has 1 aromatic heterocycles. The van der Waals surface area contributed by atoms with E-state index in [1.165, 1.54) is 6.26 Å². The lowest BCUT2D eigenvalue weighted by molar-refractivity contribution is -0.135. The van der Waals surface area contributed by atoms with Gasteiger partial charge in [-0.05, 0) is 32.6 Å². The summed E-state index contributed by atoms with van der Waals surface area (Å²) in [5, 5.41) is 0. The molecule has 0 spiro atoms. The van der Waals surface area contributed by atoms with E-state index >= 15 is 0 Å². The number of likely N-dealkylation sites (tertiary alicyclic amines) is 1. The Morgan fingerprint density at radius 3 is 2.61 bits per heavy atom. The van der Waals surface area contributed by atoms with E-state index in [0.717, 1.165) is 38.8 Å². The van der Waals surface area contributed by atoms with E-state index in [-0.39, 0.29) is 11.6 Å². The molecule has 23 heavy (non-hydrogen) atoms. The van der Waals surface area contributed by atoms with Gasteiger partial charge in [0.25, 0.3) is 6.01 Å². The molecule has 3 rings (SSSR count). The molecule has 2 saturated heterocycles. The standard InChI is InChI=1S/C16H23N3O4/c1-2-22-15(21)13-11-23-16(17-13)19-9-5-12(6-10-19)14(20)18-7-3-4-8-18/h11-12H,2-10H2,1H3. The van der Waals surface area contributed by atoms with E-state index in [1.807, 2.05) is 9.80 Å². The highest BCUT2D eigenvalue weighted by atomic mass is 16.5. The van der Waals surface area contributed by atoms with Crippen molar-refractivity contribution in [3.63, 3.8) is 0 Å². The van der Waals surface area contributed by atoms with Crippen molar-refractivity contribution in [2.24, 2.45) is 5.92 Å². The molecule has 0 bridgehead atoms. The zero-order valence-electron chi connectivity index (χ0n) is 13.5. The average Bonchev–Trinajstić information content (AvgIpc) is 3.26. The normalized spacial score (nSPS) is 19.2. The van der Waals surface area contributed by atoms with Gasteiger partial charge in [0, 0.05) is 32.1 Å². The van der Waals surface area contributed by atoms with Gasteiger partial charge in [0.05, 0.1) is 6.61 Å². The Balaban J connectivity index is 1.54. The number of anilines is 1. The van der Waals surface area contributed by atoms with Crippen molar-refractivity contribution in [1.29, 1.82) is 0 Å². The number of carbonyl (C=O) groups is 2. The second-order valence-corrected chi connectivity index (χ2v) is 6.03. The summed E-state index contributed by atoms with van der Waals surface area (Å²) in [4.78, 5) is 32.2. The third-order valence-electron chi connectivity index (χ3n) is 4.51. The largest absolute Gasteiger partial charge is 0.461 e. The van der Waals surface area contributed by atoms with Crippen LogP contribution in [0.4, 0.5) is 6.01 Å². The van der Waals surface area contributed by atoms with Crippen LogP contribution in [0.15, 0.2) is 10.7 Å². The van der Waals surface area contributed by atoms with Gasteiger partial charge in [-0.25, -0.2) is 4.79 Å². The maximum Gasteiger partial charge on any atom is 0.360 e. The summed E-state index contributed by atoms with van der Waals surface area (Å²) in [6, 6.07) is 0.431. The van der Waals surface area contributed by atoms with Crippen molar-refractivity contribution in [1.82, 2.24) is 9.88 Å². The first-order valence-corrected chi connectivity index (χ1v) is 8.35. The van der Waals surface area contributed by atoms with Crippen LogP contribution >= 0.6 is 0 Å². The molecule has 2 aliphatic rings. The second-order valence-electron chi connectivity index (χ2n) is 6.03. The SMILES string of the molecule is CCOC(=O)c1coc(N2CCC(C(=O)N3CCCC3)CC2)n1. The minimum Gasteiger partial charge on any atom is -0.461 e. The predicted molar refractivity (Wildman–Crippen MR) is 83.2 cm³/mol. The lowest BCUT2D eigenvalue weighted by Gasteiger charge is -2.32. The van der Waals surface area contributed by atoms with Crippen LogP contribution in [0.25, 0.3) is 0 Å². The number of amides is 1. The number of oxazole rings is 1. The van der Waals surface area contributed by atoms with Crippen molar-refractivity contribution >= 4 is 17.9 Å². The van der Waals surface area contributed by atoms with Crippen molar-refractivity contribution in [2.45, 2.75) is 32.6 Å². The van der Waals surface area contributed by atoms with Gasteiger partial charge < -0.3 is 19.0 Å². The molecule has 0 saturated carbocycles. The highest BCUT2D eigenvalue weighted by Gasteiger charge is 2.31. The molecule has 2 aliphatic heterocycles. The molecule has 1 aromatic rings. The fourth-order valence-corrected chi connectivity index (χ4v) is 3.22. The summed E-state index contributed by atoms with van der Waals surface area (Å²) in [5.74, 6) is -0.0767. The summed E-state index contributed by atoms with van der Waals surface area (Å²) in [6.07, 6.45) is 5.17. The summed E-state index contributed by atoms with van der Waals surface area (Å²) >= 11 is 0. The van der Waals surface area contributed by atoms with E-state index in [4.69, 9.17) is 9.15 Å². The van der Waals surface area contributed by atoms with Gasteiger partial charge in [0.2, 0.25) is 5.91 Å². The lowest BCUT2D eigenvalue weighted by Crippen LogP contribution is -2.41. The molecular formula is C16H23N3O4. The predicted octanol–water partition coefficient (Wildman–Crippen LogP) is 1.69. The zero-order valence-corrected chi connectivity index (χ0v) is 13.5. The Hall–Kier alpha value is -2.05. The number of hydrogen-bond acceptors (Lipinski definition) is 6. The lowest BCUT2D eigenvalue weighted by atomic mass is 9.95. The number of carbonyl (C=O) groups excluding carboxylic acids is 2. The van der Waals surface area contributed by atoms with Gasteiger partial charge in [-0.3, -0.25) is 4.79 Å². The van der Waals surface area contributed by atoms with E-state index in [1.54, 1.807) is 6.92 Å². The Morgan fingerprint density at radius 1 is 1.26 bits per heavy atom. The summed E-state index contributed by atoms with van der Waals surface area (Å²) in [6.45, 7) is 5.30. The minimum atomic E-state index is -0.471. The third-order valence-corrected chi connectivity index (χ3v) is 4.51. The molecule has 0 radical (unpaired) electrons. The van der Waals surface area contributed by atoms with Gasteiger partial charge in [-0.1, -0.05) is 0 Å². The number of esters is 1. The molecule has 0 aliphatic carbocycles. The van der Waals surface area contributed by atoms with Crippen LogP contribution in [0.5, 0.6) is 0 Å². The monoisotopic (exact) mass is 321 g/mol. The van der Waals surface area contributed by atoms with Gasteiger partial charge in [0.1, 0.15) is 6.26 Å². The summed E-state index contributed by atoms with van der Waals surface area (Å²) in [5.41, 5.74) is 0.192. The topological polar surface area (TPSA) is 75.9 Å². The highest BCUT2D eigenvalue weighted by molar-refractivity contribution is 5.87. The maximum absolute atomic E-state index is 12.4. The minimum absolute atomic E-state index is 0.101. The first kappa shape index (κ1) is 15.8. The molecule has 7 heteroatoms. The summed E-state index contributed by atoms with van der Waals surface area (Å²) < 4.78 is 10.3. The van der Waals surface area contributed by atoms with Crippen molar-refractivity contribution in [2.75, 3.05) is 37.7 Å². The van der Waals surface area contributed by atoms with E-state index in [9.17, 15) is 9.59 Å². The van der Waals surface area contributed by atoms with Crippen molar-refractivity contribution in [3.8, 4) is 0 Å². The quantitative estimate of drug-likeness (QED) is 0.786. The molecule has 7 nitrogen and oxygen atoms in total. The molecule has 126 valence electrons. The molecule has 0 N–H and O–H groups in total. The Bertz CT molecular complexity index is 557. The van der Waals surface area contributed by atoms with Crippen molar-refractivity contribution in [3.05, 3.63) is 12.0 Å². The van der Waals surface area contributed by atoms with Crippen LogP contribution < -0.4 is 4.90 Å². The molecule has 1 amide bonds. The average molecular weight is 321 g/mol. The number of rotatable bonds is 4. The second kappa shape index (κ2) is 7.02. The van der Waals surface area contributed by atoms with E-state index in [0.29, 0.717) is 31.6 Å². The number of nitrogens with zero attached hydrogens (tertiary/aromatic N) is 3. The van der Waals surface area contributed by atoms with Crippen molar-refractivity contribution < 1.29 is 18.7 Å². The smallest absolute Gasteiger partial charge is 0.360 e. The number of aromatic nitrogens is 1. The maximum atomic E-state index is 12.4. The number of piperidine rings is 1. The van der Waals surface area contributed by atoms with Crippen LogP contribution in [0.2, 0.25) is 0 Å². The molecule has 2 fully saturated rings. The van der Waals surface area contributed by atoms with Gasteiger partial charge in [-0.2, -0.15) is 4.98 Å². The van der Waals surface area contributed by atoms with Gasteiger partial charge in [-0.15, -0.1) is 0 Å². The molecule has 0 unspecified atom stereocenters. The number of hydrogen-bond donors (Lipinski definition) is 0. The van der Waals surface area contributed by atoms with E-state index < -0.39 is 5.97 Å². The van der Waals surface area contributed by atoms with Crippen LogP contribution in [-0.2, 0) is 9.53 Å². The fraction of sp³-hybridized carbons (Fsp3) is 0.688. The first-order chi connectivity index (χ1) is 11.2. The molecule has 3 heterocycles. The van der Waals surface area contributed by atoms with Crippen LogP contribution in [-0.4, -0.2) is 54.5 Å². The van der Waals surface area contributed by atoms with Crippen LogP contribution in [0.1, 0.15) is 43.1 Å². The van der Waals surface area contributed by atoms with Crippen LogP contribution in [0.3, 0.4) is 0 Å².